The zero-order valence-corrected chi connectivity index (χ0v) is 14.2. The molecule has 3 heterocycles. The molecule has 4 heteroatoms. The van der Waals surface area contributed by atoms with E-state index in [1.54, 1.807) is 0 Å². The maximum Gasteiger partial charge on any atom is 0.270 e. The van der Waals surface area contributed by atoms with E-state index in [4.69, 9.17) is 4.74 Å². The lowest BCUT2D eigenvalue weighted by Gasteiger charge is -2.39. The molecule has 2 saturated heterocycles. The zero-order chi connectivity index (χ0) is 16.6. The molecule has 1 aromatic carbocycles. The van der Waals surface area contributed by atoms with Gasteiger partial charge in [0, 0.05) is 37.9 Å². The van der Waals surface area contributed by atoms with Crippen molar-refractivity contribution in [1.29, 1.82) is 0 Å². The average molecular weight is 324 g/mol. The van der Waals surface area contributed by atoms with Crippen LogP contribution in [0.25, 0.3) is 11.3 Å². The molecule has 0 radical (unpaired) electrons. The third-order valence-electron chi connectivity index (χ3n) is 5.54. The van der Waals surface area contributed by atoms with E-state index in [0.29, 0.717) is 0 Å². The zero-order valence-electron chi connectivity index (χ0n) is 14.2. The van der Waals surface area contributed by atoms with Crippen LogP contribution >= 0.6 is 0 Å². The van der Waals surface area contributed by atoms with Crippen LogP contribution in [0.3, 0.4) is 0 Å². The van der Waals surface area contributed by atoms with Crippen LogP contribution in [-0.4, -0.2) is 41.7 Å². The Labute approximate surface area is 143 Å². The molecule has 1 amide bonds. The average Bonchev–Trinajstić information content (AvgIpc) is 3.22. The van der Waals surface area contributed by atoms with Crippen LogP contribution in [0, 0.1) is 5.41 Å². The normalized spacial score (nSPS) is 23.8. The van der Waals surface area contributed by atoms with Gasteiger partial charge in [-0.3, -0.25) is 4.79 Å². The highest BCUT2D eigenvalue weighted by atomic mass is 16.5. The number of hydrogen-bond donors (Lipinski definition) is 0. The van der Waals surface area contributed by atoms with Crippen LogP contribution in [-0.2, 0) is 11.8 Å². The summed E-state index contributed by atoms with van der Waals surface area (Å²) in [5.41, 5.74) is 3.18. The van der Waals surface area contributed by atoms with Gasteiger partial charge in [-0.25, -0.2) is 0 Å². The Morgan fingerprint density at radius 1 is 1.12 bits per heavy atom. The highest BCUT2D eigenvalue weighted by molar-refractivity contribution is 5.94. The molecule has 126 valence electrons. The van der Waals surface area contributed by atoms with E-state index < -0.39 is 0 Å². The van der Waals surface area contributed by atoms with E-state index in [1.165, 1.54) is 6.42 Å². The number of piperidine rings is 1. The molecule has 2 aliphatic heterocycles. The maximum absolute atomic E-state index is 13.1. The predicted octanol–water partition coefficient (Wildman–Crippen LogP) is 3.33. The summed E-state index contributed by atoms with van der Waals surface area (Å²) in [6, 6.07) is 14.2. The molecule has 1 atom stereocenters. The van der Waals surface area contributed by atoms with Gasteiger partial charge in [-0.1, -0.05) is 30.3 Å². The molecule has 2 fully saturated rings. The number of aromatic nitrogens is 1. The first-order valence-corrected chi connectivity index (χ1v) is 8.77. The first-order chi connectivity index (χ1) is 11.7. The van der Waals surface area contributed by atoms with Crippen LogP contribution in [0.5, 0.6) is 0 Å². The third-order valence-corrected chi connectivity index (χ3v) is 5.54. The summed E-state index contributed by atoms with van der Waals surface area (Å²) in [7, 11) is 1.98. The largest absolute Gasteiger partial charge is 0.381 e. The standard InChI is InChI=1S/C20H24N2O2/c1-21-17(16-6-3-2-4-7-16)8-9-18(21)19(23)22-12-5-10-20(14-22)11-13-24-15-20/h2-4,6-9H,5,10-15H2,1H3. The SMILES string of the molecule is Cn1c(C(=O)N2CCCC3(CCOC3)C2)ccc1-c1ccccc1. The number of ether oxygens (including phenoxy) is 1. The molecule has 0 bridgehead atoms. The molecule has 0 saturated carbocycles. The van der Waals surface area contributed by atoms with E-state index in [0.717, 1.165) is 56.1 Å². The smallest absolute Gasteiger partial charge is 0.270 e. The summed E-state index contributed by atoms with van der Waals surface area (Å²) >= 11 is 0. The molecule has 24 heavy (non-hydrogen) atoms. The van der Waals surface area contributed by atoms with E-state index in [-0.39, 0.29) is 11.3 Å². The van der Waals surface area contributed by atoms with Crippen molar-refractivity contribution in [3.05, 3.63) is 48.2 Å². The highest BCUT2D eigenvalue weighted by Crippen LogP contribution is 2.38. The number of rotatable bonds is 2. The van der Waals surface area contributed by atoms with Gasteiger partial charge in [0.1, 0.15) is 5.69 Å². The first-order valence-electron chi connectivity index (χ1n) is 8.77. The lowest BCUT2D eigenvalue weighted by Crippen LogP contribution is -2.46. The van der Waals surface area contributed by atoms with Crippen LogP contribution < -0.4 is 0 Å². The second-order valence-electron chi connectivity index (χ2n) is 7.16. The fraction of sp³-hybridized carbons (Fsp3) is 0.450. The van der Waals surface area contributed by atoms with Gasteiger partial charge in [0.05, 0.1) is 6.61 Å². The van der Waals surface area contributed by atoms with Gasteiger partial charge in [-0.05, 0) is 37.0 Å². The van der Waals surface area contributed by atoms with Crippen molar-refractivity contribution in [3.63, 3.8) is 0 Å². The second-order valence-corrected chi connectivity index (χ2v) is 7.16. The van der Waals surface area contributed by atoms with Crippen LogP contribution in [0.2, 0.25) is 0 Å². The van der Waals surface area contributed by atoms with E-state index in [1.807, 2.05) is 46.8 Å². The summed E-state index contributed by atoms with van der Waals surface area (Å²) in [6.45, 7) is 3.33. The van der Waals surface area contributed by atoms with Crippen molar-refractivity contribution in [2.75, 3.05) is 26.3 Å². The molecule has 4 nitrogen and oxygen atoms in total. The predicted molar refractivity (Wildman–Crippen MR) is 93.9 cm³/mol. The topological polar surface area (TPSA) is 34.5 Å². The summed E-state index contributed by atoms with van der Waals surface area (Å²) in [6.07, 6.45) is 3.34. The van der Waals surface area contributed by atoms with Gasteiger partial charge in [-0.2, -0.15) is 0 Å². The Bertz CT molecular complexity index is 729. The molecule has 1 unspecified atom stereocenters. The van der Waals surface area contributed by atoms with Crippen molar-refractivity contribution in [2.45, 2.75) is 19.3 Å². The van der Waals surface area contributed by atoms with E-state index in [9.17, 15) is 4.79 Å². The van der Waals surface area contributed by atoms with Crippen LogP contribution in [0.15, 0.2) is 42.5 Å². The monoisotopic (exact) mass is 324 g/mol. The van der Waals surface area contributed by atoms with Gasteiger partial charge in [0.15, 0.2) is 0 Å². The number of nitrogens with zero attached hydrogens (tertiary/aromatic N) is 2. The van der Waals surface area contributed by atoms with Gasteiger partial charge in [0.25, 0.3) is 5.91 Å². The molecule has 2 aliphatic rings. The van der Waals surface area contributed by atoms with Gasteiger partial charge in [0.2, 0.25) is 0 Å². The fourth-order valence-corrected chi connectivity index (χ4v) is 4.14. The van der Waals surface area contributed by atoms with E-state index in [2.05, 4.69) is 12.1 Å². The van der Waals surface area contributed by atoms with Gasteiger partial charge >= 0.3 is 0 Å². The Kier molecular flexibility index (Phi) is 3.93. The molecular formula is C20H24N2O2. The van der Waals surface area contributed by atoms with E-state index >= 15 is 0 Å². The maximum atomic E-state index is 13.1. The summed E-state index contributed by atoms with van der Waals surface area (Å²) in [5, 5.41) is 0. The number of amides is 1. The Morgan fingerprint density at radius 2 is 1.96 bits per heavy atom. The van der Waals surface area contributed by atoms with Crippen LogP contribution in [0.1, 0.15) is 29.8 Å². The van der Waals surface area contributed by atoms with Crippen molar-refractivity contribution < 1.29 is 9.53 Å². The minimum Gasteiger partial charge on any atom is -0.381 e. The number of likely N-dealkylation sites (tertiary alicyclic amines) is 1. The fourth-order valence-electron chi connectivity index (χ4n) is 4.14. The molecule has 4 rings (SSSR count). The molecule has 1 spiro atoms. The molecular weight excluding hydrogens is 300 g/mol. The number of hydrogen-bond acceptors (Lipinski definition) is 2. The third kappa shape index (κ3) is 2.65. The Morgan fingerprint density at radius 3 is 2.71 bits per heavy atom. The number of benzene rings is 1. The summed E-state index contributed by atoms with van der Waals surface area (Å²) < 4.78 is 7.63. The minimum absolute atomic E-state index is 0.144. The molecule has 0 N–H and O–H groups in total. The van der Waals surface area contributed by atoms with Crippen molar-refractivity contribution in [1.82, 2.24) is 9.47 Å². The van der Waals surface area contributed by atoms with Gasteiger partial charge in [-0.15, -0.1) is 0 Å². The number of carbonyl (C=O) groups excluding carboxylic acids is 1. The van der Waals surface area contributed by atoms with Crippen LogP contribution in [0.4, 0.5) is 0 Å². The lowest BCUT2D eigenvalue weighted by atomic mass is 9.79. The molecule has 1 aromatic heterocycles. The van der Waals surface area contributed by atoms with Crippen molar-refractivity contribution >= 4 is 5.91 Å². The van der Waals surface area contributed by atoms with Crippen molar-refractivity contribution in [3.8, 4) is 11.3 Å². The number of carbonyl (C=O) groups is 1. The first kappa shape index (κ1) is 15.5. The van der Waals surface area contributed by atoms with Gasteiger partial charge < -0.3 is 14.2 Å². The summed E-state index contributed by atoms with van der Waals surface area (Å²) in [4.78, 5) is 15.1. The Balaban J connectivity index is 1.58. The minimum atomic E-state index is 0.144. The lowest BCUT2D eigenvalue weighted by molar-refractivity contribution is 0.0455. The molecule has 0 aliphatic carbocycles. The Hall–Kier alpha value is -2.07. The highest BCUT2D eigenvalue weighted by Gasteiger charge is 2.40. The quantitative estimate of drug-likeness (QED) is 0.849. The molecule has 2 aromatic rings. The second kappa shape index (κ2) is 6.10. The van der Waals surface area contributed by atoms with Crippen molar-refractivity contribution in [2.24, 2.45) is 12.5 Å². The summed E-state index contributed by atoms with van der Waals surface area (Å²) in [5.74, 6) is 0.144.